The average molecular weight is 323 g/mol. The van der Waals surface area contributed by atoms with Crippen molar-refractivity contribution in [2.24, 2.45) is 11.7 Å². The number of hydrogen-bond donors (Lipinski definition) is 2. The van der Waals surface area contributed by atoms with Crippen LogP contribution in [0.1, 0.15) is 24.8 Å². The first-order valence-corrected chi connectivity index (χ1v) is 8.35. The molecular weight excluding hydrogens is 307 g/mol. The van der Waals surface area contributed by atoms with E-state index in [0.717, 1.165) is 12.8 Å². The lowest BCUT2D eigenvalue weighted by molar-refractivity contribution is 0.316. The van der Waals surface area contributed by atoms with Crippen molar-refractivity contribution in [3.05, 3.63) is 27.7 Å². The summed E-state index contributed by atoms with van der Waals surface area (Å²) in [7, 11) is -3.64. The van der Waals surface area contributed by atoms with E-state index in [4.69, 9.17) is 28.9 Å². The summed E-state index contributed by atoms with van der Waals surface area (Å²) in [6, 6.07) is 2.93. The Bertz CT molecular complexity index is 571. The number of nitrogens with two attached hydrogens (primary N) is 1. The molecule has 0 spiro atoms. The summed E-state index contributed by atoms with van der Waals surface area (Å²) in [6.07, 6.45) is 3.31. The molecule has 0 atom stereocenters. The molecule has 0 bridgehead atoms. The highest BCUT2D eigenvalue weighted by Gasteiger charge is 2.24. The van der Waals surface area contributed by atoms with E-state index in [9.17, 15) is 8.42 Å². The van der Waals surface area contributed by atoms with Crippen molar-refractivity contribution in [1.82, 2.24) is 4.72 Å². The van der Waals surface area contributed by atoms with Crippen molar-refractivity contribution in [2.45, 2.75) is 30.7 Å². The predicted octanol–water partition coefficient (Wildman–Crippen LogP) is 2.53. The first kappa shape index (κ1) is 15.1. The molecule has 0 unspecified atom stereocenters. The number of nitrogens with one attached hydrogen (secondary N) is 1. The lowest BCUT2D eigenvalue weighted by atomic mass is 9.86. The minimum atomic E-state index is -3.64. The van der Waals surface area contributed by atoms with E-state index in [1.54, 1.807) is 6.07 Å². The molecule has 1 aromatic carbocycles. The lowest BCUT2D eigenvalue weighted by Gasteiger charge is -2.25. The van der Waals surface area contributed by atoms with Crippen LogP contribution in [-0.2, 0) is 16.6 Å². The Morgan fingerprint density at radius 1 is 1.32 bits per heavy atom. The summed E-state index contributed by atoms with van der Waals surface area (Å²) in [5, 5.41) is 0.460. The second kappa shape index (κ2) is 5.97. The van der Waals surface area contributed by atoms with Gasteiger partial charge in [-0.3, -0.25) is 0 Å². The van der Waals surface area contributed by atoms with E-state index in [-0.39, 0.29) is 16.5 Å². The summed E-state index contributed by atoms with van der Waals surface area (Å²) in [5.74, 6) is 0.432. The fourth-order valence-corrected chi connectivity index (χ4v) is 4.02. The minimum absolute atomic E-state index is 0.00133. The van der Waals surface area contributed by atoms with E-state index >= 15 is 0 Å². The molecule has 19 heavy (non-hydrogen) atoms. The molecule has 1 aliphatic carbocycles. The van der Waals surface area contributed by atoms with Crippen LogP contribution in [0.5, 0.6) is 0 Å². The topological polar surface area (TPSA) is 72.2 Å². The van der Waals surface area contributed by atoms with E-state index < -0.39 is 10.0 Å². The highest BCUT2D eigenvalue weighted by molar-refractivity contribution is 7.89. The maximum atomic E-state index is 12.2. The van der Waals surface area contributed by atoms with Gasteiger partial charge >= 0.3 is 0 Å². The van der Waals surface area contributed by atoms with Crippen molar-refractivity contribution in [3.63, 3.8) is 0 Å². The summed E-state index contributed by atoms with van der Waals surface area (Å²) >= 11 is 12.0. The molecule has 0 saturated heterocycles. The molecule has 1 saturated carbocycles. The van der Waals surface area contributed by atoms with Crippen LogP contribution in [0.2, 0.25) is 10.0 Å². The SMILES string of the molecule is NCc1cc(Cl)cc(S(=O)(=O)NCC2CCC2)c1Cl. The number of benzene rings is 1. The second-order valence-corrected chi connectivity index (χ2v) is 7.28. The Morgan fingerprint density at radius 3 is 2.53 bits per heavy atom. The number of sulfonamides is 1. The molecule has 0 radical (unpaired) electrons. The van der Waals surface area contributed by atoms with Crippen molar-refractivity contribution in [3.8, 4) is 0 Å². The van der Waals surface area contributed by atoms with Gasteiger partial charge in [0.05, 0.1) is 5.02 Å². The first-order valence-electron chi connectivity index (χ1n) is 6.11. The molecule has 2 rings (SSSR count). The van der Waals surface area contributed by atoms with E-state index in [1.165, 1.54) is 12.5 Å². The molecule has 3 N–H and O–H groups in total. The quantitative estimate of drug-likeness (QED) is 0.874. The Labute approximate surface area is 123 Å². The third-order valence-electron chi connectivity index (χ3n) is 3.38. The van der Waals surface area contributed by atoms with Crippen molar-refractivity contribution >= 4 is 33.2 Å². The van der Waals surface area contributed by atoms with Gasteiger partial charge in [-0.1, -0.05) is 29.6 Å². The van der Waals surface area contributed by atoms with Crippen LogP contribution in [0.25, 0.3) is 0 Å². The molecule has 1 fully saturated rings. The predicted molar refractivity (Wildman–Crippen MR) is 76.9 cm³/mol. The van der Waals surface area contributed by atoms with Crippen LogP contribution in [-0.4, -0.2) is 15.0 Å². The Hall–Kier alpha value is -0.330. The highest BCUT2D eigenvalue weighted by atomic mass is 35.5. The molecule has 0 aliphatic heterocycles. The van der Waals surface area contributed by atoms with Gasteiger partial charge in [0.2, 0.25) is 10.0 Å². The van der Waals surface area contributed by atoms with Gasteiger partial charge in [0.25, 0.3) is 0 Å². The molecule has 7 heteroatoms. The smallest absolute Gasteiger partial charge is 0.242 e. The summed E-state index contributed by atoms with van der Waals surface area (Å²) in [5.41, 5.74) is 6.05. The van der Waals surface area contributed by atoms with Gasteiger partial charge in [-0.25, -0.2) is 13.1 Å². The van der Waals surface area contributed by atoms with Gasteiger partial charge in [0.1, 0.15) is 4.90 Å². The zero-order valence-corrected chi connectivity index (χ0v) is 12.7. The van der Waals surface area contributed by atoms with Crippen molar-refractivity contribution < 1.29 is 8.42 Å². The molecule has 1 aromatic rings. The standard InChI is InChI=1S/C12H16Cl2N2O2S/c13-10-4-9(6-15)12(14)11(5-10)19(17,18)16-7-8-2-1-3-8/h4-5,8,16H,1-3,6-7,15H2. The fourth-order valence-electron chi connectivity index (χ4n) is 1.96. The normalized spacial score (nSPS) is 16.4. The first-order chi connectivity index (χ1) is 8.94. The zero-order chi connectivity index (χ0) is 14.0. The Balaban J connectivity index is 2.25. The highest BCUT2D eigenvalue weighted by Crippen LogP contribution is 2.30. The molecule has 1 aliphatic rings. The number of rotatable bonds is 5. The maximum Gasteiger partial charge on any atom is 0.242 e. The summed E-state index contributed by atoms with van der Waals surface area (Å²) in [6.45, 7) is 0.591. The van der Waals surface area contributed by atoms with Gasteiger partial charge < -0.3 is 5.73 Å². The van der Waals surface area contributed by atoms with Crippen molar-refractivity contribution in [1.29, 1.82) is 0 Å². The lowest BCUT2D eigenvalue weighted by Crippen LogP contribution is -2.32. The Morgan fingerprint density at radius 2 is 2.00 bits per heavy atom. The zero-order valence-electron chi connectivity index (χ0n) is 10.3. The monoisotopic (exact) mass is 322 g/mol. The van der Waals surface area contributed by atoms with Crippen LogP contribution >= 0.6 is 23.2 Å². The molecule has 106 valence electrons. The maximum absolute atomic E-state index is 12.2. The van der Waals surface area contributed by atoms with Crippen LogP contribution in [0.4, 0.5) is 0 Å². The van der Waals surface area contributed by atoms with Crippen LogP contribution in [0.3, 0.4) is 0 Å². The molecule has 0 aromatic heterocycles. The van der Waals surface area contributed by atoms with Crippen molar-refractivity contribution in [2.75, 3.05) is 6.54 Å². The van der Waals surface area contributed by atoms with Gasteiger partial charge in [-0.05, 0) is 36.5 Å². The van der Waals surface area contributed by atoms with E-state index in [0.29, 0.717) is 23.0 Å². The van der Waals surface area contributed by atoms with Gasteiger partial charge in [0.15, 0.2) is 0 Å². The minimum Gasteiger partial charge on any atom is -0.326 e. The van der Waals surface area contributed by atoms with Crippen LogP contribution in [0.15, 0.2) is 17.0 Å². The van der Waals surface area contributed by atoms with Crippen LogP contribution < -0.4 is 10.5 Å². The van der Waals surface area contributed by atoms with Crippen LogP contribution in [0, 0.1) is 5.92 Å². The molecule has 0 heterocycles. The third-order valence-corrected chi connectivity index (χ3v) is 5.60. The Kier molecular flexibility index (Phi) is 4.74. The summed E-state index contributed by atoms with van der Waals surface area (Å²) < 4.78 is 27.0. The van der Waals surface area contributed by atoms with E-state index in [2.05, 4.69) is 4.72 Å². The van der Waals surface area contributed by atoms with Gasteiger partial charge in [0, 0.05) is 18.1 Å². The largest absolute Gasteiger partial charge is 0.326 e. The third kappa shape index (κ3) is 3.41. The number of halogens is 2. The average Bonchev–Trinajstić information content (AvgIpc) is 2.29. The van der Waals surface area contributed by atoms with E-state index in [1.807, 2.05) is 0 Å². The molecular formula is C12H16Cl2N2O2S. The number of hydrogen-bond acceptors (Lipinski definition) is 3. The molecule has 0 amide bonds. The second-order valence-electron chi connectivity index (χ2n) is 4.73. The summed E-state index contributed by atoms with van der Waals surface area (Å²) in [4.78, 5) is 0.00133. The molecule has 4 nitrogen and oxygen atoms in total. The van der Waals surface area contributed by atoms with Gasteiger partial charge in [-0.2, -0.15) is 0 Å². The van der Waals surface area contributed by atoms with Gasteiger partial charge in [-0.15, -0.1) is 0 Å². The fraction of sp³-hybridized carbons (Fsp3) is 0.500.